The largest absolute Gasteiger partial charge is 0.319 e. The number of hydrogen-bond acceptors (Lipinski definition) is 5. The van der Waals surface area contributed by atoms with Crippen molar-refractivity contribution < 1.29 is 13.2 Å². The van der Waals surface area contributed by atoms with Crippen LogP contribution in [0.5, 0.6) is 0 Å². The van der Waals surface area contributed by atoms with Gasteiger partial charge >= 0.3 is 0 Å². The topological polar surface area (TPSA) is 96.3 Å². The maximum absolute atomic E-state index is 12.9. The standard InChI is InChI=1S/C22H27N5O3S/c1-16-9-10-19(31(29,30)25-21-8-6-5-7-17(21)2)13-20(16)22(28)24-18-14-23-27(15-18)12-11-26(3)4/h5-10,13-15,25H,11-12H2,1-4H3,(H,24,28). The van der Waals surface area contributed by atoms with Crippen molar-refractivity contribution in [3.63, 3.8) is 0 Å². The smallest absolute Gasteiger partial charge is 0.261 e. The third-order valence-electron chi connectivity index (χ3n) is 4.82. The Morgan fingerprint density at radius 2 is 1.84 bits per heavy atom. The van der Waals surface area contributed by atoms with E-state index in [9.17, 15) is 13.2 Å². The van der Waals surface area contributed by atoms with Gasteiger partial charge in [-0.2, -0.15) is 5.10 Å². The van der Waals surface area contributed by atoms with Crippen LogP contribution in [0.1, 0.15) is 21.5 Å². The van der Waals surface area contributed by atoms with E-state index in [1.165, 1.54) is 12.1 Å². The molecule has 0 aliphatic rings. The van der Waals surface area contributed by atoms with Crippen molar-refractivity contribution >= 4 is 27.3 Å². The summed E-state index contributed by atoms with van der Waals surface area (Å²) < 4.78 is 30.1. The lowest BCUT2D eigenvalue weighted by molar-refractivity contribution is 0.102. The Balaban J connectivity index is 1.79. The van der Waals surface area contributed by atoms with Crippen molar-refractivity contribution in [2.75, 3.05) is 30.7 Å². The molecule has 31 heavy (non-hydrogen) atoms. The van der Waals surface area contributed by atoms with E-state index in [-0.39, 0.29) is 10.5 Å². The molecule has 0 saturated carbocycles. The Hall–Kier alpha value is -3.17. The number of aromatic nitrogens is 2. The van der Waals surface area contributed by atoms with Gasteiger partial charge < -0.3 is 10.2 Å². The van der Waals surface area contributed by atoms with Crippen molar-refractivity contribution in [1.29, 1.82) is 0 Å². The molecule has 0 radical (unpaired) electrons. The molecule has 164 valence electrons. The van der Waals surface area contributed by atoms with E-state index in [0.717, 1.165) is 12.1 Å². The van der Waals surface area contributed by atoms with E-state index in [1.807, 2.05) is 38.1 Å². The number of benzene rings is 2. The van der Waals surface area contributed by atoms with Gasteiger partial charge in [0.05, 0.1) is 29.0 Å². The third-order valence-corrected chi connectivity index (χ3v) is 6.18. The van der Waals surface area contributed by atoms with Gasteiger partial charge in [0.25, 0.3) is 15.9 Å². The molecule has 8 nitrogen and oxygen atoms in total. The molecule has 0 spiro atoms. The van der Waals surface area contributed by atoms with Crippen molar-refractivity contribution in [2.45, 2.75) is 25.3 Å². The zero-order valence-electron chi connectivity index (χ0n) is 18.1. The lowest BCUT2D eigenvalue weighted by Gasteiger charge is -2.12. The molecule has 3 rings (SSSR count). The molecule has 2 N–H and O–H groups in total. The fourth-order valence-corrected chi connectivity index (χ4v) is 4.11. The third kappa shape index (κ3) is 5.71. The van der Waals surface area contributed by atoms with Gasteiger partial charge in [-0.05, 0) is 57.3 Å². The number of nitrogens with zero attached hydrogens (tertiary/aromatic N) is 3. The quantitative estimate of drug-likeness (QED) is 0.560. The Morgan fingerprint density at radius 1 is 1.10 bits per heavy atom. The molecule has 1 heterocycles. The molecule has 0 saturated heterocycles. The maximum atomic E-state index is 12.9. The van der Waals surface area contributed by atoms with Crippen molar-refractivity contribution in [2.24, 2.45) is 0 Å². The normalized spacial score (nSPS) is 11.5. The van der Waals surface area contributed by atoms with Gasteiger partial charge in [-0.3, -0.25) is 14.2 Å². The van der Waals surface area contributed by atoms with Gasteiger partial charge in [0, 0.05) is 18.3 Å². The molecule has 2 aromatic carbocycles. The fourth-order valence-electron chi connectivity index (χ4n) is 2.96. The molecular formula is C22H27N5O3S. The Bertz CT molecular complexity index is 1190. The highest BCUT2D eigenvalue weighted by atomic mass is 32.2. The van der Waals surface area contributed by atoms with E-state index in [1.54, 1.807) is 42.2 Å². The molecule has 0 aliphatic carbocycles. The van der Waals surface area contributed by atoms with Gasteiger partial charge in [0.1, 0.15) is 0 Å². The second-order valence-electron chi connectivity index (χ2n) is 7.65. The zero-order valence-corrected chi connectivity index (χ0v) is 18.9. The average molecular weight is 442 g/mol. The van der Waals surface area contributed by atoms with Crippen LogP contribution in [0.2, 0.25) is 0 Å². The summed E-state index contributed by atoms with van der Waals surface area (Å²) in [5.41, 5.74) is 2.82. The van der Waals surface area contributed by atoms with Crippen LogP contribution >= 0.6 is 0 Å². The highest BCUT2D eigenvalue weighted by molar-refractivity contribution is 7.92. The molecule has 1 amide bonds. The molecule has 3 aromatic rings. The average Bonchev–Trinajstić information content (AvgIpc) is 3.15. The number of likely N-dealkylation sites (N-methyl/N-ethyl adjacent to an activating group) is 1. The lowest BCUT2D eigenvalue weighted by atomic mass is 10.1. The zero-order chi connectivity index (χ0) is 22.6. The van der Waals surface area contributed by atoms with Crippen molar-refractivity contribution in [1.82, 2.24) is 14.7 Å². The minimum Gasteiger partial charge on any atom is -0.319 e. The number of amides is 1. The predicted molar refractivity (Wildman–Crippen MR) is 122 cm³/mol. The summed E-state index contributed by atoms with van der Waals surface area (Å²) in [5.74, 6) is -0.391. The van der Waals surface area contributed by atoms with Crippen molar-refractivity contribution in [3.05, 3.63) is 71.5 Å². The number of para-hydroxylation sites is 1. The van der Waals surface area contributed by atoms with Crippen molar-refractivity contribution in [3.8, 4) is 0 Å². The molecule has 0 atom stereocenters. The maximum Gasteiger partial charge on any atom is 0.261 e. The van der Waals surface area contributed by atoms with Crippen LogP contribution < -0.4 is 10.0 Å². The summed E-state index contributed by atoms with van der Waals surface area (Å²) in [6.45, 7) is 5.10. The lowest BCUT2D eigenvalue weighted by Crippen LogP contribution is -2.18. The van der Waals surface area contributed by atoms with E-state index in [4.69, 9.17) is 0 Å². The number of anilines is 2. The molecule has 0 aliphatic heterocycles. The van der Waals surface area contributed by atoms with Gasteiger partial charge in [0.15, 0.2) is 0 Å². The van der Waals surface area contributed by atoms with Gasteiger partial charge in [-0.1, -0.05) is 24.3 Å². The second-order valence-corrected chi connectivity index (χ2v) is 9.33. The Labute approximate surface area is 182 Å². The number of carbonyl (C=O) groups is 1. The first-order valence-corrected chi connectivity index (χ1v) is 11.3. The van der Waals surface area contributed by atoms with Crippen LogP contribution in [-0.2, 0) is 16.6 Å². The highest BCUT2D eigenvalue weighted by Gasteiger charge is 2.19. The predicted octanol–water partition coefficient (Wildman–Crippen LogP) is 3.11. The van der Waals surface area contributed by atoms with Gasteiger partial charge in [-0.25, -0.2) is 8.42 Å². The number of nitrogens with one attached hydrogen (secondary N) is 2. The van der Waals surface area contributed by atoms with Gasteiger partial charge in [0.2, 0.25) is 0 Å². The molecule has 1 aromatic heterocycles. The first-order chi connectivity index (χ1) is 14.7. The number of rotatable bonds is 8. The summed E-state index contributed by atoms with van der Waals surface area (Å²) >= 11 is 0. The monoisotopic (exact) mass is 441 g/mol. The molecule has 0 bridgehead atoms. The molecule has 0 fully saturated rings. The first-order valence-electron chi connectivity index (χ1n) is 9.83. The molecule has 9 heteroatoms. The molecular weight excluding hydrogens is 414 g/mol. The summed E-state index contributed by atoms with van der Waals surface area (Å²) in [7, 11) is 0.108. The molecule has 0 unspecified atom stereocenters. The summed E-state index contributed by atoms with van der Waals surface area (Å²) in [4.78, 5) is 14.9. The van der Waals surface area contributed by atoms with E-state index < -0.39 is 15.9 Å². The fraction of sp³-hybridized carbons (Fsp3) is 0.273. The second kappa shape index (κ2) is 9.32. The first kappa shape index (κ1) is 22.5. The Morgan fingerprint density at radius 3 is 2.55 bits per heavy atom. The number of hydrogen-bond donors (Lipinski definition) is 2. The minimum absolute atomic E-state index is 0.0215. The van der Waals surface area contributed by atoms with Crippen LogP contribution in [0.4, 0.5) is 11.4 Å². The summed E-state index contributed by atoms with van der Waals surface area (Å²) in [5, 5.41) is 7.03. The number of carbonyl (C=O) groups excluding carboxylic acids is 1. The van der Waals surface area contributed by atoms with E-state index in [2.05, 4.69) is 15.1 Å². The Kier molecular flexibility index (Phi) is 6.77. The van der Waals surface area contributed by atoms with Crippen LogP contribution in [0.15, 0.2) is 59.8 Å². The summed E-state index contributed by atoms with van der Waals surface area (Å²) in [6, 6.07) is 11.6. The number of sulfonamides is 1. The van der Waals surface area contributed by atoms with E-state index in [0.29, 0.717) is 23.5 Å². The highest BCUT2D eigenvalue weighted by Crippen LogP contribution is 2.22. The summed E-state index contributed by atoms with van der Waals surface area (Å²) in [6.07, 6.45) is 3.32. The number of aryl methyl sites for hydroxylation is 2. The van der Waals surface area contributed by atoms with Crippen LogP contribution in [0.3, 0.4) is 0 Å². The van der Waals surface area contributed by atoms with Gasteiger partial charge in [-0.15, -0.1) is 0 Å². The SMILES string of the molecule is Cc1ccccc1NS(=O)(=O)c1ccc(C)c(C(=O)Nc2cnn(CCN(C)C)c2)c1. The minimum atomic E-state index is -3.84. The van der Waals surface area contributed by atoms with E-state index >= 15 is 0 Å². The van der Waals surface area contributed by atoms with Crippen LogP contribution in [0.25, 0.3) is 0 Å². The van der Waals surface area contributed by atoms with Crippen LogP contribution in [0, 0.1) is 13.8 Å². The van der Waals surface area contributed by atoms with Crippen LogP contribution in [-0.4, -0.2) is 49.6 Å².